The molecule has 0 bridgehead atoms. The van der Waals surface area contributed by atoms with E-state index in [4.69, 9.17) is 4.74 Å². The van der Waals surface area contributed by atoms with Crippen molar-refractivity contribution in [3.8, 4) is 0 Å². The zero-order valence-corrected chi connectivity index (χ0v) is 13.2. The number of ether oxygens (including phenoxy) is 1. The summed E-state index contributed by atoms with van der Waals surface area (Å²) in [5.74, 6) is 0.0435. The van der Waals surface area contributed by atoms with Gasteiger partial charge in [0.2, 0.25) is 5.91 Å². The van der Waals surface area contributed by atoms with Gasteiger partial charge in [0.1, 0.15) is 6.04 Å². The van der Waals surface area contributed by atoms with Crippen LogP contribution in [0.5, 0.6) is 0 Å². The molecule has 120 valence electrons. The second-order valence-electron chi connectivity index (χ2n) is 5.66. The number of hydrogen-bond acceptors (Lipinski definition) is 3. The summed E-state index contributed by atoms with van der Waals surface area (Å²) in [6.07, 6.45) is 0. The van der Waals surface area contributed by atoms with Crippen molar-refractivity contribution in [2.24, 2.45) is 0 Å². The van der Waals surface area contributed by atoms with Crippen LogP contribution in [0.1, 0.15) is 17.2 Å². The lowest BCUT2D eigenvalue weighted by atomic mass is 10.0. The van der Waals surface area contributed by atoms with Crippen LogP contribution in [-0.4, -0.2) is 37.1 Å². The van der Waals surface area contributed by atoms with Crippen LogP contribution in [-0.2, 0) is 16.1 Å². The number of amides is 1. The monoisotopic (exact) mass is 310 g/mol. The highest BCUT2D eigenvalue weighted by atomic mass is 16.5. The predicted molar refractivity (Wildman–Crippen MR) is 89.9 cm³/mol. The van der Waals surface area contributed by atoms with E-state index in [1.165, 1.54) is 0 Å². The summed E-state index contributed by atoms with van der Waals surface area (Å²) in [6.45, 7) is 3.45. The SMILES string of the molecule is O=C(NCc1ccccc1)C(c1ccccc1)N1CCOCC1. The van der Waals surface area contributed by atoms with Gasteiger partial charge in [-0.25, -0.2) is 0 Å². The van der Waals surface area contributed by atoms with Crippen molar-refractivity contribution < 1.29 is 9.53 Å². The van der Waals surface area contributed by atoms with E-state index < -0.39 is 0 Å². The molecule has 1 aliphatic heterocycles. The molecule has 0 aromatic heterocycles. The van der Waals surface area contributed by atoms with E-state index in [0.29, 0.717) is 19.8 Å². The molecule has 1 N–H and O–H groups in total. The van der Waals surface area contributed by atoms with Gasteiger partial charge in [0.15, 0.2) is 0 Å². The molecule has 1 saturated heterocycles. The highest BCUT2D eigenvalue weighted by Crippen LogP contribution is 2.22. The Morgan fingerprint density at radius 1 is 1.00 bits per heavy atom. The van der Waals surface area contributed by atoms with Gasteiger partial charge in [-0.05, 0) is 11.1 Å². The molecule has 1 heterocycles. The third-order valence-corrected chi connectivity index (χ3v) is 4.08. The molecule has 1 unspecified atom stereocenters. The molecule has 4 nitrogen and oxygen atoms in total. The molecule has 2 aromatic carbocycles. The molecule has 1 atom stereocenters. The molecule has 0 spiro atoms. The third kappa shape index (κ3) is 4.18. The van der Waals surface area contributed by atoms with Crippen LogP contribution >= 0.6 is 0 Å². The smallest absolute Gasteiger partial charge is 0.242 e. The molecule has 0 radical (unpaired) electrons. The molecule has 1 aliphatic rings. The molecule has 23 heavy (non-hydrogen) atoms. The fourth-order valence-electron chi connectivity index (χ4n) is 2.88. The maximum Gasteiger partial charge on any atom is 0.242 e. The minimum absolute atomic E-state index is 0.0435. The Labute approximate surface area is 137 Å². The average Bonchev–Trinajstić information content (AvgIpc) is 2.63. The third-order valence-electron chi connectivity index (χ3n) is 4.08. The van der Waals surface area contributed by atoms with E-state index >= 15 is 0 Å². The summed E-state index contributed by atoms with van der Waals surface area (Å²) in [5.41, 5.74) is 2.13. The van der Waals surface area contributed by atoms with E-state index in [1.54, 1.807) is 0 Å². The van der Waals surface area contributed by atoms with Crippen LogP contribution in [0.2, 0.25) is 0 Å². The number of hydrogen-bond donors (Lipinski definition) is 1. The van der Waals surface area contributed by atoms with Crippen LogP contribution in [0.25, 0.3) is 0 Å². The summed E-state index contributed by atoms with van der Waals surface area (Å²) in [7, 11) is 0. The van der Waals surface area contributed by atoms with Crippen molar-refractivity contribution in [2.75, 3.05) is 26.3 Å². The van der Waals surface area contributed by atoms with E-state index in [2.05, 4.69) is 10.2 Å². The van der Waals surface area contributed by atoms with E-state index in [9.17, 15) is 4.79 Å². The molecule has 1 fully saturated rings. The summed E-state index contributed by atoms with van der Waals surface area (Å²) < 4.78 is 5.42. The first-order valence-electron chi connectivity index (χ1n) is 8.03. The highest BCUT2D eigenvalue weighted by Gasteiger charge is 2.28. The van der Waals surface area contributed by atoms with Crippen molar-refractivity contribution >= 4 is 5.91 Å². The summed E-state index contributed by atoms with van der Waals surface area (Å²) in [4.78, 5) is 15.0. The minimum Gasteiger partial charge on any atom is -0.379 e. The molecule has 3 rings (SSSR count). The fourth-order valence-corrected chi connectivity index (χ4v) is 2.88. The molecule has 2 aromatic rings. The highest BCUT2D eigenvalue weighted by molar-refractivity contribution is 5.83. The number of morpholine rings is 1. The second-order valence-corrected chi connectivity index (χ2v) is 5.66. The maximum atomic E-state index is 12.8. The van der Waals surface area contributed by atoms with Gasteiger partial charge in [0.05, 0.1) is 13.2 Å². The summed E-state index contributed by atoms with van der Waals surface area (Å²) in [6, 6.07) is 19.7. The van der Waals surface area contributed by atoms with Crippen molar-refractivity contribution in [2.45, 2.75) is 12.6 Å². The summed E-state index contributed by atoms with van der Waals surface area (Å²) >= 11 is 0. The lowest BCUT2D eigenvalue weighted by Crippen LogP contribution is -2.45. The number of nitrogens with zero attached hydrogens (tertiary/aromatic N) is 1. The van der Waals surface area contributed by atoms with Gasteiger partial charge in [-0.3, -0.25) is 9.69 Å². The van der Waals surface area contributed by atoms with Crippen molar-refractivity contribution in [1.82, 2.24) is 10.2 Å². The average molecular weight is 310 g/mol. The molecule has 4 heteroatoms. The van der Waals surface area contributed by atoms with Crippen molar-refractivity contribution in [1.29, 1.82) is 0 Å². The number of nitrogens with one attached hydrogen (secondary N) is 1. The quantitative estimate of drug-likeness (QED) is 0.922. The largest absolute Gasteiger partial charge is 0.379 e. The fraction of sp³-hybridized carbons (Fsp3) is 0.316. The lowest BCUT2D eigenvalue weighted by molar-refractivity contribution is -0.128. The maximum absolute atomic E-state index is 12.8. The Bertz CT molecular complexity index is 610. The first-order valence-corrected chi connectivity index (χ1v) is 8.03. The normalized spacial score (nSPS) is 16.7. The number of rotatable bonds is 5. The standard InChI is InChI=1S/C19H22N2O2/c22-19(20-15-16-7-3-1-4-8-16)18(17-9-5-2-6-10-17)21-11-13-23-14-12-21/h1-10,18H,11-15H2,(H,20,22). The Morgan fingerprint density at radius 3 is 2.26 bits per heavy atom. The minimum atomic E-state index is -0.260. The summed E-state index contributed by atoms with van der Waals surface area (Å²) in [5, 5.41) is 3.07. The van der Waals surface area contributed by atoms with Gasteiger partial charge in [0.25, 0.3) is 0 Å². The number of carbonyl (C=O) groups excluding carboxylic acids is 1. The van der Waals surface area contributed by atoms with Crippen molar-refractivity contribution in [3.63, 3.8) is 0 Å². The molecule has 1 amide bonds. The Hall–Kier alpha value is -2.17. The van der Waals surface area contributed by atoms with Crippen LogP contribution in [0.3, 0.4) is 0 Å². The second kappa shape index (κ2) is 7.90. The first kappa shape index (κ1) is 15.7. The van der Waals surface area contributed by atoms with Gasteiger partial charge in [-0.2, -0.15) is 0 Å². The molecular weight excluding hydrogens is 288 g/mol. The van der Waals surface area contributed by atoms with Gasteiger partial charge in [0, 0.05) is 19.6 Å². The molecule has 0 saturated carbocycles. The molecular formula is C19H22N2O2. The number of carbonyl (C=O) groups is 1. The van der Waals surface area contributed by atoms with Gasteiger partial charge in [-0.1, -0.05) is 60.7 Å². The lowest BCUT2D eigenvalue weighted by Gasteiger charge is -2.33. The Balaban J connectivity index is 1.73. The predicted octanol–water partition coefficient (Wildman–Crippen LogP) is 2.38. The van der Waals surface area contributed by atoms with Crippen LogP contribution < -0.4 is 5.32 Å². The zero-order chi connectivity index (χ0) is 15.9. The van der Waals surface area contributed by atoms with Gasteiger partial charge >= 0.3 is 0 Å². The Morgan fingerprint density at radius 2 is 1.61 bits per heavy atom. The van der Waals surface area contributed by atoms with Crippen LogP contribution in [0, 0.1) is 0 Å². The topological polar surface area (TPSA) is 41.6 Å². The van der Waals surface area contributed by atoms with Gasteiger partial charge in [-0.15, -0.1) is 0 Å². The van der Waals surface area contributed by atoms with Crippen molar-refractivity contribution in [3.05, 3.63) is 71.8 Å². The van der Waals surface area contributed by atoms with Crippen LogP contribution in [0.15, 0.2) is 60.7 Å². The number of benzene rings is 2. The van der Waals surface area contributed by atoms with Gasteiger partial charge < -0.3 is 10.1 Å². The van der Waals surface area contributed by atoms with E-state index in [0.717, 1.165) is 24.2 Å². The van der Waals surface area contributed by atoms with E-state index in [1.807, 2.05) is 60.7 Å². The molecule has 0 aliphatic carbocycles. The first-order chi connectivity index (χ1) is 11.3. The van der Waals surface area contributed by atoms with Crippen LogP contribution in [0.4, 0.5) is 0 Å². The van der Waals surface area contributed by atoms with E-state index in [-0.39, 0.29) is 11.9 Å². The zero-order valence-electron chi connectivity index (χ0n) is 13.2. The Kier molecular flexibility index (Phi) is 5.40.